The first kappa shape index (κ1) is 28.3. The maximum atomic E-state index is 13.3. The fourth-order valence-electron chi connectivity index (χ4n) is 4.00. The summed E-state index contributed by atoms with van der Waals surface area (Å²) in [6.07, 6.45) is 3.78. The largest absolute Gasteiger partial charge is 0.496 e. The van der Waals surface area contributed by atoms with Crippen LogP contribution in [-0.4, -0.2) is 61.0 Å². The molecule has 3 aromatic heterocycles. The van der Waals surface area contributed by atoms with E-state index in [1.807, 2.05) is 26.0 Å². The SMILES string of the molecule is COc1c(C)cnc(Cn2nc3c4c(nc(N(C(=O)OC(C)(C)C)C(=O)OC(C)(C)C)nc42)SCC=C3)c1C. The molecule has 0 aliphatic carbocycles. The Morgan fingerprint density at radius 3 is 2.28 bits per heavy atom. The summed E-state index contributed by atoms with van der Waals surface area (Å²) in [6.45, 7) is 14.4. The van der Waals surface area contributed by atoms with E-state index in [1.165, 1.54) is 11.8 Å². The fraction of sp³-hybridized carbons (Fsp3) is 0.481. The third-order valence-electron chi connectivity index (χ3n) is 5.57. The number of thioether (sulfide) groups is 1. The van der Waals surface area contributed by atoms with E-state index in [-0.39, 0.29) is 12.5 Å². The van der Waals surface area contributed by atoms with E-state index < -0.39 is 23.4 Å². The lowest BCUT2D eigenvalue weighted by atomic mass is 10.1. The lowest BCUT2D eigenvalue weighted by Crippen LogP contribution is -2.44. The van der Waals surface area contributed by atoms with Crippen LogP contribution in [0.25, 0.3) is 17.1 Å². The van der Waals surface area contributed by atoms with E-state index in [1.54, 1.807) is 59.5 Å². The van der Waals surface area contributed by atoms with Gasteiger partial charge in [0.05, 0.1) is 30.4 Å². The van der Waals surface area contributed by atoms with E-state index >= 15 is 0 Å². The molecule has 3 aromatic rings. The Bertz CT molecular complexity index is 1440. The molecule has 0 aromatic carbocycles. The van der Waals surface area contributed by atoms with Crippen LogP contribution in [-0.2, 0) is 16.0 Å². The van der Waals surface area contributed by atoms with Gasteiger partial charge in [0.25, 0.3) is 0 Å². The molecule has 4 rings (SSSR count). The summed E-state index contributed by atoms with van der Waals surface area (Å²) >= 11 is 1.46. The Labute approximate surface area is 231 Å². The molecule has 0 radical (unpaired) electrons. The van der Waals surface area contributed by atoms with Gasteiger partial charge < -0.3 is 14.2 Å². The van der Waals surface area contributed by atoms with Crippen molar-refractivity contribution in [3.8, 4) is 5.75 Å². The van der Waals surface area contributed by atoms with Crippen LogP contribution in [0.5, 0.6) is 5.75 Å². The van der Waals surface area contributed by atoms with Gasteiger partial charge in [-0.25, -0.2) is 19.3 Å². The molecule has 0 fully saturated rings. The second-order valence-corrected chi connectivity index (χ2v) is 12.1. The molecule has 208 valence electrons. The molecule has 0 spiro atoms. The molecule has 0 saturated carbocycles. The molecular formula is C27H34N6O5S. The standard InChI is InChI=1S/C27H34N6O5S/c1-15-13-28-18(16(2)20(15)36-9)14-32-21-19-17(31-32)11-10-12-39-22(19)30-23(29-21)33(24(34)37-26(3,4)5)25(35)38-27(6,7)8/h10-11,13H,12,14H2,1-9H3. The number of pyridine rings is 1. The molecule has 39 heavy (non-hydrogen) atoms. The first-order valence-corrected chi connectivity index (χ1v) is 13.5. The highest BCUT2D eigenvalue weighted by Gasteiger charge is 2.36. The third kappa shape index (κ3) is 6.16. The molecule has 0 unspecified atom stereocenters. The van der Waals surface area contributed by atoms with E-state index in [0.717, 1.165) is 32.9 Å². The highest BCUT2D eigenvalue weighted by atomic mass is 32.2. The maximum Gasteiger partial charge on any atom is 0.427 e. The topological polar surface area (TPSA) is 122 Å². The van der Waals surface area contributed by atoms with Crippen LogP contribution in [0, 0.1) is 13.8 Å². The number of imide groups is 1. The second-order valence-electron chi connectivity index (χ2n) is 11.1. The van der Waals surface area contributed by atoms with E-state index in [4.69, 9.17) is 19.3 Å². The van der Waals surface area contributed by atoms with Crippen molar-refractivity contribution in [3.05, 3.63) is 34.8 Å². The molecule has 1 aliphatic heterocycles. The van der Waals surface area contributed by atoms with Crippen molar-refractivity contribution in [1.82, 2.24) is 24.7 Å². The summed E-state index contributed by atoms with van der Waals surface area (Å²) in [4.78, 5) is 41.2. The van der Waals surface area contributed by atoms with Crippen LogP contribution < -0.4 is 9.64 Å². The second kappa shape index (κ2) is 10.5. The van der Waals surface area contributed by atoms with Crippen molar-refractivity contribution >= 4 is 47.0 Å². The molecule has 0 bridgehead atoms. The number of carbonyl (C=O) groups excluding carboxylic acids is 2. The highest BCUT2D eigenvalue weighted by molar-refractivity contribution is 7.99. The number of aryl methyl sites for hydroxylation is 1. The van der Waals surface area contributed by atoms with Crippen molar-refractivity contribution < 1.29 is 23.8 Å². The predicted octanol–water partition coefficient (Wildman–Crippen LogP) is 5.69. The number of rotatable bonds is 4. The van der Waals surface area contributed by atoms with Gasteiger partial charge >= 0.3 is 12.2 Å². The monoisotopic (exact) mass is 554 g/mol. The predicted molar refractivity (Wildman–Crippen MR) is 149 cm³/mol. The minimum absolute atomic E-state index is 0.158. The zero-order valence-electron chi connectivity index (χ0n) is 23.8. The van der Waals surface area contributed by atoms with Crippen LogP contribution in [0.3, 0.4) is 0 Å². The van der Waals surface area contributed by atoms with Gasteiger partial charge in [0.15, 0.2) is 5.65 Å². The Morgan fingerprint density at radius 1 is 1.05 bits per heavy atom. The van der Waals surface area contributed by atoms with E-state index in [9.17, 15) is 9.59 Å². The molecule has 12 heteroatoms. The Hall–Kier alpha value is -3.67. The number of nitrogens with zero attached hydrogens (tertiary/aromatic N) is 6. The van der Waals surface area contributed by atoms with Crippen molar-refractivity contribution in [2.45, 2.75) is 78.2 Å². The molecule has 0 atom stereocenters. The van der Waals surface area contributed by atoms with Gasteiger partial charge in [-0.2, -0.15) is 10.1 Å². The summed E-state index contributed by atoms with van der Waals surface area (Å²) in [6, 6.07) is 0. The van der Waals surface area contributed by atoms with Crippen LogP contribution in [0.15, 0.2) is 17.3 Å². The van der Waals surface area contributed by atoms with Gasteiger partial charge in [-0.1, -0.05) is 6.08 Å². The third-order valence-corrected chi connectivity index (χ3v) is 6.50. The Kier molecular flexibility index (Phi) is 7.61. The number of amides is 2. The van der Waals surface area contributed by atoms with Gasteiger partial charge in [0.2, 0.25) is 5.95 Å². The number of carbonyl (C=O) groups is 2. The van der Waals surface area contributed by atoms with Crippen LogP contribution in [0.1, 0.15) is 64.1 Å². The molecule has 2 amide bonds. The van der Waals surface area contributed by atoms with Gasteiger partial charge in [0.1, 0.15) is 22.0 Å². The van der Waals surface area contributed by atoms with E-state index in [2.05, 4.69) is 15.0 Å². The Morgan fingerprint density at radius 2 is 1.69 bits per heavy atom. The molecule has 0 saturated heterocycles. The first-order chi connectivity index (χ1) is 18.2. The van der Waals surface area contributed by atoms with Gasteiger partial charge in [-0.05, 0) is 61.5 Å². The maximum absolute atomic E-state index is 13.3. The van der Waals surface area contributed by atoms with Crippen LogP contribution >= 0.6 is 11.8 Å². The minimum atomic E-state index is -0.938. The molecular weight excluding hydrogens is 520 g/mol. The zero-order valence-corrected chi connectivity index (χ0v) is 24.6. The van der Waals surface area contributed by atoms with Crippen molar-refractivity contribution in [2.24, 2.45) is 0 Å². The normalized spacial score (nSPS) is 13.3. The van der Waals surface area contributed by atoms with Crippen molar-refractivity contribution in [2.75, 3.05) is 17.8 Å². The Balaban J connectivity index is 1.89. The zero-order chi connectivity index (χ0) is 28.7. The van der Waals surface area contributed by atoms with Crippen molar-refractivity contribution in [3.63, 3.8) is 0 Å². The number of aromatic nitrogens is 5. The lowest BCUT2D eigenvalue weighted by Gasteiger charge is -2.27. The summed E-state index contributed by atoms with van der Waals surface area (Å²) in [5.41, 5.74) is 1.97. The molecule has 4 heterocycles. The average Bonchev–Trinajstić information content (AvgIpc) is 3.00. The van der Waals surface area contributed by atoms with Crippen LogP contribution in [0.4, 0.5) is 15.5 Å². The quantitative estimate of drug-likeness (QED) is 0.372. The smallest absolute Gasteiger partial charge is 0.427 e. The first-order valence-electron chi connectivity index (χ1n) is 12.5. The molecule has 0 N–H and O–H groups in total. The summed E-state index contributed by atoms with van der Waals surface area (Å²) in [7, 11) is 1.63. The number of anilines is 1. The van der Waals surface area contributed by atoms with Crippen LogP contribution in [0.2, 0.25) is 0 Å². The van der Waals surface area contributed by atoms with E-state index in [0.29, 0.717) is 22.1 Å². The van der Waals surface area contributed by atoms with Crippen molar-refractivity contribution in [1.29, 1.82) is 0 Å². The van der Waals surface area contributed by atoms with Gasteiger partial charge in [-0.3, -0.25) is 4.98 Å². The van der Waals surface area contributed by atoms with Gasteiger partial charge in [0, 0.05) is 23.1 Å². The fourth-order valence-corrected chi connectivity index (χ4v) is 4.84. The number of ether oxygens (including phenoxy) is 3. The summed E-state index contributed by atoms with van der Waals surface area (Å²) in [5, 5.41) is 6.10. The average molecular weight is 555 g/mol. The number of hydrogen-bond donors (Lipinski definition) is 0. The minimum Gasteiger partial charge on any atom is -0.496 e. The lowest BCUT2D eigenvalue weighted by molar-refractivity contribution is 0.0427. The number of methoxy groups -OCH3 is 1. The summed E-state index contributed by atoms with van der Waals surface area (Å²) < 4.78 is 18.4. The number of hydrogen-bond acceptors (Lipinski definition) is 10. The molecule has 1 aliphatic rings. The highest BCUT2D eigenvalue weighted by Crippen LogP contribution is 2.35. The van der Waals surface area contributed by atoms with Gasteiger partial charge in [-0.15, -0.1) is 16.7 Å². The summed E-state index contributed by atoms with van der Waals surface area (Å²) in [5.74, 6) is 1.23. The molecule has 11 nitrogen and oxygen atoms in total.